The number of aromatic nitrogens is 2. The Balaban J connectivity index is 2.87. The molecule has 0 spiro atoms. The topological polar surface area (TPSA) is 54.9 Å². The average Bonchev–Trinajstić information content (AvgIpc) is 2.05. The Hall–Kier alpha value is -1.45. The molecule has 1 rings (SSSR count). The van der Waals surface area contributed by atoms with E-state index >= 15 is 0 Å². The molecule has 1 amide bonds. The third-order valence-electron chi connectivity index (χ3n) is 1.49. The highest BCUT2D eigenvalue weighted by atomic mass is 16.1. The van der Waals surface area contributed by atoms with Crippen LogP contribution in [0.2, 0.25) is 0 Å². The molecule has 0 radical (unpaired) electrons. The van der Waals surface area contributed by atoms with E-state index in [2.05, 4.69) is 15.5 Å². The van der Waals surface area contributed by atoms with E-state index in [1.54, 1.807) is 13.0 Å². The number of nitrogens with one attached hydrogen (secondary N) is 1. The van der Waals surface area contributed by atoms with Gasteiger partial charge in [0, 0.05) is 6.54 Å². The maximum Gasteiger partial charge on any atom is 0.253 e. The number of carbonyl (C=O) groups is 1. The molecule has 0 unspecified atom stereocenters. The zero-order chi connectivity index (χ0) is 8.97. The molecule has 0 atom stereocenters. The summed E-state index contributed by atoms with van der Waals surface area (Å²) in [5.41, 5.74) is 1.25. The number of rotatable bonds is 2. The molecule has 0 bridgehead atoms. The van der Waals surface area contributed by atoms with E-state index in [1.807, 2.05) is 6.92 Å². The van der Waals surface area contributed by atoms with Gasteiger partial charge in [-0.1, -0.05) is 0 Å². The van der Waals surface area contributed by atoms with Crippen LogP contribution in [0.1, 0.15) is 23.0 Å². The van der Waals surface area contributed by atoms with E-state index in [0.29, 0.717) is 17.8 Å². The van der Waals surface area contributed by atoms with Gasteiger partial charge in [-0.05, 0) is 19.9 Å². The summed E-state index contributed by atoms with van der Waals surface area (Å²) in [4.78, 5) is 11.3. The minimum absolute atomic E-state index is 0.0927. The van der Waals surface area contributed by atoms with Crippen LogP contribution in [0.3, 0.4) is 0 Å². The molecule has 0 aliphatic rings. The molecule has 1 aromatic rings. The maximum absolute atomic E-state index is 11.3. The van der Waals surface area contributed by atoms with Gasteiger partial charge >= 0.3 is 0 Å². The van der Waals surface area contributed by atoms with E-state index in [-0.39, 0.29) is 5.91 Å². The van der Waals surface area contributed by atoms with Crippen LogP contribution in [0, 0.1) is 6.92 Å². The van der Waals surface area contributed by atoms with Gasteiger partial charge in [0.05, 0.1) is 17.5 Å². The van der Waals surface area contributed by atoms with Crippen molar-refractivity contribution < 1.29 is 4.79 Å². The van der Waals surface area contributed by atoms with Crippen molar-refractivity contribution in [2.45, 2.75) is 13.8 Å². The van der Waals surface area contributed by atoms with Crippen LogP contribution in [-0.2, 0) is 0 Å². The van der Waals surface area contributed by atoms with Gasteiger partial charge in [0.1, 0.15) is 0 Å². The Kier molecular flexibility index (Phi) is 2.74. The molecule has 0 aromatic carbocycles. The molecule has 64 valence electrons. The Labute approximate surface area is 71.0 Å². The predicted octanol–water partition coefficient (Wildman–Crippen LogP) is 0.535. The minimum Gasteiger partial charge on any atom is -0.352 e. The summed E-state index contributed by atoms with van der Waals surface area (Å²) < 4.78 is 0. The molecule has 1 heterocycles. The highest BCUT2D eigenvalue weighted by Crippen LogP contribution is 2.00. The van der Waals surface area contributed by atoms with E-state index in [9.17, 15) is 4.79 Å². The number of hydrogen-bond donors (Lipinski definition) is 1. The maximum atomic E-state index is 11.3. The van der Waals surface area contributed by atoms with Crippen molar-refractivity contribution in [1.29, 1.82) is 0 Å². The molecule has 0 saturated heterocycles. The predicted molar refractivity (Wildman–Crippen MR) is 44.8 cm³/mol. The van der Waals surface area contributed by atoms with Crippen LogP contribution in [0.15, 0.2) is 12.3 Å². The summed E-state index contributed by atoms with van der Waals surface area (Å²) in [6.45, 7) is 4.26. The van der Waals surface area contributed by atoms with Gasteiger partial charge in [-0.15, -0.1) is 0 Å². The lowest BCUT2D eigenvalue weighted by Crippen LogP contribution is -2.23. The summed E-state index contributed by atoms with van der Waals surface area (Å²) >= 11 is 0. The summed E-state index contributed by atoms with van der Waals surface area (Å²) in [5, 5.41) is 10.1. The SMILES string of the molecule is CCNC(=O)c1ccnnc1C. The molecule has 12 heavy (non-hydrogen) atoms. The van der Waals surface area contributed by atoms with E-state index < -0.39 is 0 Å². The zero-order valence-corrected chi connectivity index (χ0v) is 7.16. The van der Waals surface area contributed by atoms with Crippen LogP contribution < -0.4 is 5.32 Å². The standard InChI is InChI=1S/C8H11N3O/c1-3-9-8(12)7-4-5-10-11-6(7)2/h4-5H,3H2,1-2H3,(H,9,12). The van der Waals surface area contributed by atoms with Gasteiger partial charge in [-0.2, -0.15) is 10.2 Å². The molecule has 0 fully saturated rings. The smallest absolute Gasteiger partial charge is 0.253 e. The van der Waals surface area contributed by atoms with Crippen molar-refractivity contribution in [3.8, 4) is 0 Å². The number of nitrogens with zero attached hydrogens (tertiary/aromatic N) is 2. The quantitative estimate of drug-likeness (QED) is 0.695. The molecule has 0 aliphatic carbocycles. The molecule has 1 N–H and O–H groups in total. The first-order chi connectivity index (χ1) is 5.75. The second kappa shape index (κ2) is 3.80. The largest absolute Gasteiger partial charge is 0.352 e. The van der Waals surface area contributed by atoms with Gasteiger partial charge in [0.15, 0.2) is 0 Å². The van der Waals surface area contributed by atoms with E-state index in [4.69, 9.17) is 0 Å². The fourth-order valence-electron chi connectivity index (χ4n) is 0.898. The van der Waals surface area contributed by atoms with Crippen molar-refractivity contribution >= 4 is 5.91 Å². The van der Waals surface area contributed by atoms with Gasteiger partial charge in [0.25, 0.3) is 5.91 Å². The first-order valence-electron chi connectivity index (χ1n) is 3.82. The summed E-state index contributed by atoms with van der Waals surface area (Å²) in [6.07, 6.45) is 1.51. The molecule has 4 heteroatoms. The lowest BCUT2D eigenvalue weighted by molar-refractivity contribution is 0.0954. The number of hydrogen-bond acceptors (Lipinski definition) is 3. The Bertz CT molecular complexity index is 285. The molecular formula is C8H11N3O. The fourth-order valence-corrected chi connectivity index (χ4v) is 0.898. The average molecular weight is 165 g/mol. The lowest BCUT2D eigenvalue weighted by atomic mass is 10.2. The van der Waals surface area contributed by atoms with Gasteiger partial charge < -0.3 is 5.32 Å². The van der Waals surface area contributed by atoms with Crippen LogP contribution in [0.4, 0.5) is 0 Å². The highest BCUT2D eigenvalue weighted by molar-refractivity contribution is 5.94. The Morgan fingerprint density at radius 1 is 1.67 bits per heavy atom. The van der Waals surface area contributed by atoms with E-state index in [1.165, 1.54) is 6.20 Å². The first kappa shape index (κ1) is 8.64. The normalized spacial score (nSPS) is 9.50. The molecule has 0 saturated carbocycles. The third-order valence-corrected chi connectivity index (χ3v) is 1.49. The number of aryl methyl sites for hydroxylation is 1. The number of amides is 1. The van der Waals surface area contributed by atoms with Crippen LogP contribution in [0.5, 0.6) is 0 Å². The van der Waals surface area contributed by atoms with Crippen LogP contribution in [0.25, 0.3) is 0 Å². The van der Waals surface area contributed by atoms with Crippen molar-refractivity contribution in [3.05, 3.63) is 23.5 Å². The molecule has 4 nitrogen and oxygen atoms in total. The van der Waals surface area contributed by atoms with Crippen LogP contribution >= 0.6 is 0 Å². The Morgan fingerprint density at radius 3 is 3.00 bits per heavy atom. The zero-order valence-electron chi connectivity index (χ0n) is 7.16. The summed E-state index contributed by atoms with van der Waals surface area (Å²) in [6, 6.07) is 1.66. The Morgan fingerprint density at radius 2 is 2.42 bits per heavy atom. The van der Waals surface area contributed by atoms with Crippen molar-refractivity contribution in [2.75, 3.05) is 6.54 Å². The lowest BCUT2D eigenvalue weighted by Gasteiger charge is -2.02. The third kappa shape index (κ3) is 1.78. The van der Waals surface area contributed by atoms with E-state index in [0.717, 1.165) is 0 Å². The minimum atomic E-state index is -0.0927. The van der Waals surface area contributed by atoms with Crippen LogP contribution in [-0.4, -0.2) is 22.6 Å². The summed E-state index contributed by atoms with van der Waals surface area (Å²) in [5.74, 6) is -0.0927. The van der Waals surface area contributed by atoms with Crippen molar-refractivity contribution in [1.82, 2.24) is 15.5 Å². The second-order valence-corrected chi connectivity index (χ2v) is 2.39. The fraction of sp³-hybridized carbons (Fsp3) is 0.375. The van der Waals surface area contributed by atoms with Gasteiger partial charge in [-0.25, -0.2) is 0 Å². The van der Waals surface area contributed by atoms with Crippen molar-refractivity contribution in [2.24, 2.45) is 0 Å². The second-order valence-electron chi connectivity index (χ2n) is 2.39. The monoisotopic (exact) mass is 165 g/mol. The number of carbonyl (C=O) groups excluding carboxylic acids is 1. The van der Waals surface area contributed by atoms with Gasteiger partial charge in [0.2, 0.25) is 0 Å². The molecule has 0 aliphatic heterocycles. The first-order valence-corrected chi connectivity index (χ1v) is 3.82. The van der Waals surface area contributed by atoms with Gasteiger partial charge in [-0.3, -0.25) is 4.79 Å². The van der Waals surface area contributed by atoms with Crippen molar-refractivity contribution in [3.63, 3.8) is 0 Å². The highest BCUT2D eigenvalue weighted by Gasteiger charge is 2.07. The molecular weight excluding hydrogens is 154 g/mol. The molecule has 1 aromatic heterocycles. The summed E-state index contributed by atoms with van der Waals surface area (Å²) in [7, 11) is 0.